The van der Waals surface area contributed by atoms with Crippen LogP contribution in [0.2, 0.25) is 0 Å². The number of urea groups is 1. The molecule has 0 aromatic carbocycles. The second-order valence-electron chi connectivity index (χ2n) is 2.83. The Bertz CT molecular complexity index is 451. The van der Waals surface area contributed by atoms with Crippen molar-refractivity contribution in [2.75, 3.05) is 0 Å². The van der Waals surface area contributed by atoms with Crippen LogP contribution in [-0.4, -0.2) is 16.9 Å². The van der Waals surface area contributed by atoms with Crippen molar-refractivity contribution in [3.8, 4) is 0 Å². The van der Waals surface area contributed by atoms with Crippen molar-refractivity contribution in [3.05, 3.63) is 28.0 Å². The Labute approximate surface area is 82.4 Å². The lowest BCUT2D eigenvalue weighted by atomic mass is 10.2. The van der Waals surface area contributed by atoms with E-state index in [9.17, 15) is 19.7 Å². The molecule has 1 saturated heterocycles. The number of carbonyl (C=O) groups excluding carboxylic acids is 2. The molecule has 15 heavy (non-hydrogen) atoms. The van der Waals surface area contributed by atoms with E-state index in [0.29, 0.717) is 0 Å². The number of hydrogen-bond donors (Lipinski definition) is 2. The van der Waals surface area contributed by atoms with Crippen molar-refractivity contribution in [1.82, 2.24) is 10.6 Å². The number of nitrogens with one attached hydrogen (secondary N) is 2. The van der Waals surface area contributed by atoms with Gasteiger partial charge in [-0.25, -0.2) is 4.79 Å². The number of rotatable bonds is 2. The van der Waals surface area contributed by atoms with E-state index in [-0.39, 0.29) is 5.76 Å². The van der Waals surface area contributed by atoms with Crippen LogP contribution in [0.4, 0.5) is 10.7 Å². The largest absolute Gasteiger partial charge is 0.433 e. The number of hydrogen-bond acceptors (Lipinski definition) is 5. The summed E-state index contributed by atoms with van der Waals surface area (Å²) < 4.78 is 4.77. The molecule has 1 aromatic rings. The van der Waals surface area contributed by atoms with Gasteiger partial charge in [-0.2, -0.15) is 0 Å². The van der Waals surface area contributed by atoms with Gasteiger partial charge in [0.25, 0.3) is 5.91 Å². The molecule has 1 unspecified atom stereocenters. The van der Waals surface area contributed by atoms with E-state index in [2.05, 4.69) is 5.32 Å². The first-order valence-electron chi connectivity index (χ1n) is 3.93. The van der Waals surface area contributed by atoms with Gasteiger partial charge >= 0.3 is 11.9 Å². The molecule has 0 aliphatic carbocycles. The highest BCUT2D eigenvalue weighted by molar-refractivity contribution is 6.04. The molecule has 0 radical (unpaired) electrons. The van der Waals surface area contributed by atoms with Crippen molar-refractivity contribution in [2.24, 2.45) is 0 Å². The molecule has 1 aliphatic rings. The standard InChI is InChI=1S/C7H5N3O5/c11-6-5(8-7(12)9-6)3-1-2-4(15-3)10(13)14/h1-2,5H,(H2,8,9,11,12). The third-order valence-electron chi connectivity index (χ3n) is 1.85. The lowest BCUT2D eigenvalue weighted by Crippen LogP contribution is -2.22. The molecule has 2 rings (SSSR count). The molecule has 0 saturated carbocycles. The van der Waals surface area contributed by atoms with Crippen LogP contribution in [0.3, 0.4) is 0 Å². The zero-order chi connectivity index (χ0) is 11.0. The number of amides is 3. The van der Waals surface area contributed by atoms with Crippen molar-refractivity contribution in [3.63, 3.8) is 0 Å². The van der Waals surface area contributed by atoms with Gasteiger partial charge in [0.2, 0.25) is 0 Å². The number of furan rings is 1. The van der Waals surface area contributed by atoms with Crippen LogP contribution >= 0.6 is 0 Å². The summed E-state index contributed by atoms with van der Waals surface area (Å²) in [6.07, 6.45) is 0. The smallest absolute Gasteiger partial charge is 0.403 e. The van der Waals surface area contributed by atoms with E-state index in [1.165, 1.54) is 6.07 Å². The Morgan fingerprint density at radius 2 is 2.13 bits per heavy atom. The van der Waals surface area contributed by atoms with Crippen LogP contribution in [0.15, 0.2) is 16.5 Å². The van der Waals surface area contributed by atoms with Crippen LogP contribution in [-0.2, 0) is 4.79 Å². The van der Waals surface area contributed by atoms with Gasteiger partial charge in [-0.3, -0.25) is 20.2 Å². The lowest BCUT2D eigenvalue weighted by Gasteiger charge is -2.00. The first-order chi connectivity index (χ1) is 7.08. The van der Waals surface area contributed by atoms with Gasteiger partial charge in [0.05, 0.1) is 6.07 Å². The van der Waals surface area contributed by atoms with E-state index < -0.39 is 28.8 Å². The van der Waals surface area contributed by atoms with Gasteiger partial charge in [0.15, 0.2) is 6.04 Å². The summed E-state index contributed by atoms with van der Waals surface area (Å²) in [5, 5.41) is 14.5. The monoisotopic (exact) mass is 211 g/mol. The summed E-state index contributed by atoms with van der Waals surface area (Å²) in [7, 11) is 0. The molecule has 78 valence electrons. The molecule has 3 amide bonds. The Hall–Kier alpha value is -2.38. The molecule has 2 heterocycles. The Kier molecular flexibility index (Phi) is 1.89. The fourth-order valence-corrected chi connectivity index (χ4v) is 1.21. The Morgan fingerprint density at radius 1 is 1.40 bits per heavy atom. The molecular weight excluding hydrogens is 206 g/mol. The normalized spacial score (nSPS) is 19.9. The first-order valence-corrected chi connectivity index (χ1v) is 3.93. The fourth-order valence-electron chi connectivity index (χ4n) is 1.21. The second kappa shape index (κ2) is 3.08. The van der Waals surface area contributed by atoms with Crippen molar-refractivity contribution < 1.29 is 18.9 Å². The van der Waals surface area contributed by atoms with Gasteiger partial charge in [-0.1, -0.05) is 0 Å². The molecule has 0 bridgehead atoms. The van der Waals surface area contributed by atoms with Gasteiger partial charge in [0, 0.05) is 0 Å². The predicted molar refractivity (Wildman–Crippen MR) is 44.8 cm³/mol. The third-order valence-corrected chi connectivity index (χ3v) is 1.85. The molecule has 8 nitrogen and oxygen atoms in total. The highest BCUT2D eigenvalue weighted by atomic mass is 16.6. The van der Waals surface area contributed by atoms with E-state index >= 15 is 0 Å². The van der Waals surface area contributed by atoms with Crippen LogP contribution in [0.5, 0.6) is 0 Å². The van der Waals surface area contributed by atoms with E-state index in [4.69, 9.17) is 4.42 Å². The molecule has 1 fully saturated rings. The van der Waals surface area contributed by atoms with Crippen molar-refractivity contribution in [1.29, 1.82) is 0 Å². The van der Waals surface area contributed by atoms with Gasteiger partial charge in [0.1, 0.15) is 10.7 Å². The van der Waals surface area contributed by atoms with Crippen LogP contribution in [0.25, 0.3) is 0 Å². The lowest BCUT2D eigenvalue weighted by molar-refractivity contribution is -0.402. The first kappa shape index (κ1) is 9.19. The molecule has 8 heteroatoms. The van der Waals surface area contributed by atoms with Crippen molar-refractivity contribution >= 4 is 17.8 Å². The summed E-state index contributed by atoms with van der Waals surface area (Å²) in [6, 6.07) is 0.747. The molecule has 1 atom stereocenters. The van der Waals surface area contributed by atoms with Crippen LogP contribution in [0.1, 0.15) is 11.8 Å². The highest BCUT2D eigenvalue weighted by Crippen LogP contribution is 2.23. The third kappa shape index (κ3) is 1.52. The quantitative estimate of drug-likeness (QED) is 0.408. The topological polar surface area (TPSA) is 114 Å². The molecular formula is C7H5N3O5. The summed E-state index contributed by atoms with van der Waals surface area (Å²) in [5.74, 6) is -1.03. The maximum Gasteiger partial charge on any atom is 0.433 e. The van der Waals surface area contributed by atoms with Gasteiger partial charge < -0.3 is 9.73 Å². The summed E-state index contributed by atoms with van der Waals surface area (Å²) in [5.41, 5.74) is 0. The Balaban J connectivity index is 2.26. The molecule has 1 aromatic heterocycles. The molecule has 1 aliphatic heterocycles. The highest BCUT2D eigenvalue weighted by Gasteiger charge is 2.34. The van der Waals surface area contributed by atoms with Crippen molar-refractivity contribution in [2.45, 2.75) is 6.04 Å². The number of nitro groups is 1. The number of imide groups is 1. The van der Waals surface area contributed by atoms with Gasteiger partial charge in [-0.15, -0.1) is 0 Å². The van der Waals surface area contributed by atoms with E-state index in [1.54, 1.807) is 0 Å². The fraction of sp³-hybridized carbons (Fsp3) is 0.143. The minimum atomic E-state index is -0.994. The average Bonchev–Trinajstić information content (AvgIpc) is 2.71. The van der Waals surface area contributed by atoms with Crippen LogP contribution < -0.4 is 10.6 Å². The maximum atomic E-state index is 11.1. The van der Waals surface area contributed by atoms with Crippen LogP contribution in [0, 0.1) is 10.1 Å². The minimum Gasteiger partial charge on any atom is -0.403 e. The SMILES string of the molecule is O=C1NC(=O)C(c2ccc([N+](=O)[O-])o2)N1. The molecule has 2 N–H and O–H groups in total. The number of carbonyl (C=O) groups is 2. The zero-order valence-corrected chi connectivity index (χ0v) is 7.22. The average molecular weight is 211 g/mol. The Morgan fingerprint density at radius 3 is 2.60 bits per heavy atom. The predicted octanol–water partition coefficient (Wildman–Crippen LogP) is 0.0683. The van der Waals surface area contributed by atoms with E-state index in [1.807, 2.05) is 5.32 Å². The molecule has 0 spiro atoms. The number of nitrogens with zero attached hydrogens (tertiary/aromatic N) is 1. The maximum absolute atomic E-state index is 11.1. The zero-order valence-electron chi connectivity index (χ0n) is 7.22. The second-order valence-corrected chi connectivity index (χ2v) is 2.83. The summed E-state index contributed by atoms with van der Waals surface area (Å²) >= 11 is 0. The van der Waals surface area contributed by atoms with Gasteiger partial charge in [-0.05, 0) is 6.07 Å². The minimum absolute atomic E-state index is 0.0325. The van der Waals surface area contributed by atoms with E-state index in [0.717, 1.165) is 6.07 Å². The summed E-state index contributed by atoms with van der Waals surface area (Å²) in [4.78, 5) is 31.5. The summed E-state index contributed by atoms with van der Waals surface area (Å²) in [6.45, 7) is 0.